The zero-order valence-corrected chi connectivity index (χ0v) is 12.1. The summed E-state index contributed by atoms with van der Waals surface area (Å²) in [5.41, 5.74) is 2.63. The van der Waals surface area contributed by atoms with Crippen molar-refractivity contribution < 1.29 is 4.79 Å². The van der Waals surface area contributed by atoms with Gasteiger partial charge >= 0.3 is 0 Å². The SMILES string of the molecule is CCC(C)c1ccc(N(C)CCCC(C)=O)cc1. The Hall–Kier alpha value is -1.31. The van der Waals surface area contributed by atoms with Crippen LogP contribution in [0.1, 0.15) is 51.5 Å². The first-order chi connectivity index (χ1) is 8.54. The van der Waals surface area contributed by atoms with Crippen molar-refractivity contribution in [1.29, 1.82) is 0 Å². The molecule has 2 nitrogen and oxygen atoms in total. The molecule has 1 aromatic rings. The predicted octanol–water partition coefficient (Wildman–Crippen LogP) is 4.01. The summed E-state index contributed by atoms with van der Waals surface area (Å²) < 4.78 is 0. The van der Waals surface area contributed by atoms with Crippen LogP contribution in [0.4, 0.5) is 5.69 Å². The van der Waals surface area contributed by atoms with E-state index in [0.29, 0.717) is 12.3 Å². The Kier molecular flexibility index (Phi) is 5.90. The van der Waals surface area contributed by atoms with Gasteiger partial charge in [0.05, 0.1) is 0 Å². The van der Waals surface area contributed by atoms with Crippen molar-refractivity contribution in [3.8, 4) is 0 Å². The van der Waals surface area contributed by atoms with Crippen LogP contribution in [-0.4, -0.2) is 19.4 Å². The molecule has 1 unspecified atom stereocenters. The highest BCUT2D eigenvalue weighted by molar-refractivity contribution is 5.75. The second-order valence-corrected chi connectivity index (χ2v) is 5.13. The number of carbonyl (C=O) groups is 1. The molecule has 0 amide bonds. The van der Waals surface area contributed by atoms with Crippen LogP contribution < -0.4 is 4.90 Å². The van der Waals surface area contributed by atoms with Crippen molar-refractivity contribution in [3.05, 3.63) is 29.8 Å². The average Bonchev–Trinajstić information content (AvgIpc) is 2.37. The van der Waals surface area contributed by atoms with Gasteiger partial charge in [-0.25, -0.2) is 0 Å². The molecule has 0 aliphatic rings. The van der Waals surface area contributed by atoms with Gasteiger partial charge in [0.25, 0.3) is 0 Å². The molecule has 0 aromatic heterocycles. The zero-order chi connectivity index (χ0) is 13.5. The Morgan fingerprint density at radius 3 is 2.39 bits per heavy atom. The molecule has 0 saturated heterocycles. The highest BCUT2D eigenvalue weighted by Gasteiger charge is 2.05. The molecule has 1 rings (SSSR count). The minimum absolute atomic E-state index is 0.274. The summed E-state index contributed by atoms with van der Waals surface area (Å²) in [6.07, 6.45) is 2.78. The highest BCUT2D eigenvalue weighted by atomic mass is 16.1. The van der Waals surface area contributed by atoms with E-state index < -0.39 is 0 Å². The Labute approximate surface area is 111 Å². The lowest BCUT2D eigenvalue weighted by Crippen LogP contribution is -2.19. The van der Waals surface area contributed by atoms with Crippen molar-refractivity contribution in [3.63, 3.8) is 0 Å². The van der Waals surface area contributed by atoms with Crippen LogP contribution in [0, 0.1) is 0 Å². The van der Waals surface area contributed by atoms with Crippen molar-refractivity contribution in [2.75, 3.05) is 18.5 Å². The summed E-state index contributed by atoms with van der Waals surface area (Å²) in [5.74, 6) is 0.901. The zero-order valence-electron chi connectivity index (χ0n) is 12.1. The Morgan fingerprint density at radius 1 is 1.28 bits per heavy atom. The van der Waals surface area contributed by atoms with Crippen LogP contribution in [0.2, 0.25) is 0 Å². The van der Waals surface area contributed by atoms with Gasteiger partial charge in [-0.05, 0) is 43.4 Å². The third kappa shape index (κ3) is 4.52. The smallest absolute Gasteiger partial charge is 0.129 e. The largest absolute Gasteiger partial charge is 0.375 e. The number of Topliss-reactive ketones (excluding diaryl/α,β-unsaturated/α-hetero) is 1. The van der Waals surface area contributed by atoms with Gasteiger partial charge in [0.2, 0.25) is 0 Å². The lowest BCUT2D eigenvalue weighted by molar-refractivity contribution is -0.117. The standard InChI is InChI=1S/C16H25NO/c1-5-13(2)15-8-10-16(11-9-15)17(4)12-6-7-14(3)18/h8-11,13H,5-7,12H2,1-4H3. The average molecular weight is 247 g/mol. The maximum absolute atomic E-state index is 10.9. The molecular formula is C16H25NO. The Bertz CT molecular complexity index is 369. The molecule has 18 heavy (non-hydrogen) atoms. The minimum Gasteiger partial charge on any atom is -0.375 e. The molecule has 0 aliphatic carbocycles. The van der Waals surface area contributed by atoms with E-state index >= 15 is 0 Å². The fourth-order valence-corrected chi connectivity index (χ4v) is 1.99. The highest BCUT2D eigenvalue weighted by Crippen LogP contribution is 2.22. The monoisotopic (exact) mass is 247 g/mol. The maximum atomic E-state index is 10.9. The summed E-state index contributed by atoms with van der Waals surface area (Å²) in [5, 5.41) is 0. The third-order valence-corrected chi connectivity index (χ3v) is 3.54. The van der Waals surface area contributed by atoms with E-state index in [0.717, 1.165) is 13.0 Å². The molecule has 1 aromatic carbocycles. The fraction of sp³-hybridized carbons (Fsp3) is 0.562. The van der Waals surface area contributed by atoms with E-state index in [9.17, 15) is 4.79 Å². The molecule has 0 spiro atoms. The number of anilines is 1. The molecule has 0 radical (unpaired) electrons. The van der Waals surface area contributed by atoms with Crippen LogP contribution in [0.3, 0.4) is 0 Å². The van der Waals surface area contributed by atoms with Crippen LogP contribution in [0.25, 0.3) is 0 Å². The number of nitrogens with zero attached hydrogens (tertiary/aromatic N) is 1. The van der Waals surface area contributed by atoms with Crippen LogP contribution in [0.15, 0.2) is 24.3 Å². The van der Waals surface area contributed by atoms with Crippen molar-refractivity contribution in [1.82, 2.24) is 0 Å². The summed E-state index contributed by atoms with van der Waals surface area (Å²) in [4.78, 5) is 13.1. The molecule has 0 N–H and O–H groups in total. The Balaban J connectivity index is 2.53. The van der Waals surface area contributed by atoms with Gasteiger partial charge in [-0.15, -0.1) is 0 Å². The van der Waals surface area contributed by atoms with E-state index in [2.05, 4.69) is 50.1 Å². The molecule has 0 bridgehead atoms. The van der Waals surface area contributed by atoms with Gasteiger partial charge in [-0.3, -0.25) is 0 Å². The van der Waals surface area contributed by atoms with Crippen molar-refractivity contribution in [2.24, 2.45) is 0 Å². The number of ketones is 1. The first kappa shape index (κ1) is 14.7. The van der Waals surface area contributed by atoms with Crippen molar-refractivity contribution >= 4 is 11.5 Å². The van der Waals surface area contributed by atoms with E-state index in [1.807, 2.05) is 0 Å². The van der Waals surface area contributed by atoms with Crippen LogP contribution >= 0.6 is 0 Å². The molecule has 100 valence electrons. The topological polar surface area (TPSA) is 20.3 Å². The van der Waals surface area contributed by atoms with Gasteiger partial charge in [-0.2, -0.15) is 0 Å². The van der Waals surface area contributed by atoms with Crippen molar-refractivity contribution in [2.45, 2.75) is 46.0 Å². The predicted molar refractivity (Wildman–Crippen MR) is 78.3 cm³/mol. The van der Waals surface area contributed by atoms with Gasteiger partial charge in [0.1, 0.15) is 5.78 Å². The number of benzene rings is 1. The lowest BCUT2D eigenvalue weighted by Gasteiger charge is -2.20. The van der Waals surface area contributed by atoms with Crippen LogP contribution in [-0.2, 0) is 4.79 Å². The summed E-state index contributed by atoms with van der Waals surface area (Å²) >= 11 is 0. The second-order valence-electron chi connectivity index (χ2n) is 5.13. The molecule has 0 aliphatic heterocycles. The van der Waals surface area contributed by atoms with Crippen LogP contribution in [0.5, 0.6) is 0 Å². The minimum atomic E-state index is 0.274. The first-order valence-corrected chi connectivity index (χ1v) is 6.85. The summed E-state index contributed by atoms with van der Waals surface area (Å²) in [6, 6.07) is 8.78. The first-order valence-electron chi connectivity index (χ1n) is 6.85. The molecule has 1 atom stereocenters. The Morgan fingerprint density at radius 2 is 1.89 bits per heavy atom. The lowest BCUT2D eigenvalue weighted by atomic mass is 9.98. The van der Waals surface area contributed by atoms with Gasteiger partial charge in [0, 0.05) is 25.7 Å². The number of hydrogen-bond donors (Lipinski definition) is 0. The second kappa shape index (κ2) is 7.20. The number of rotatable bonds is 7. The molecular weight excluding hydrogens is 222 g/mol. The maximum Gasteiger partial charge on any atom is 0.129 e. The summed E-state index contributed by atoms with van der Waals surface area (Å²) in [6.45, 7) is 7.06. The van der Waals surface area contributed by atoms with Gasteiger partial charge in [-0.1, -0.05) is 26.0 Å². The quantitative estimate of drug-likeness (QED) is 0.725. The molecule has 0 fully saturated rings. The van der Waals surface area contributed by atoms with E-state index in [-0.39, 0.29) is 5.78 Å². The molecule has 2 heteroatoms. The van der Waals surface area contributed by atoms with Gasteiger partial charge < -0.3 is 9.69 Å². The fourth-order valence-electron chi connectivity index (χ4n) is 1.99. The van der Waals surface area contributed by atoms with E-state index in [1.165, 1.54) is 17.7 Å². The molecule has 0 saturated carbocycles. The number of carbonyl (C=O) groups excluding carboxylic acids is 1. The number of hydrogen-bond acceptors (Lipinski definition) is 2. The van der Waals surface area contributed by atoms with Gasteiger partial charge in [0.15, 0.2) is 0 Å². The normalized spacial score (nSPS) is 12.2. The van der Waals surface area contributed by atoms with E-state index in [1.54, 1.807) is 6.92 Å². The summed E-state index contributed by atoms with van der Waals surface area (Å²) in [7, 11) is 2.08. The molecule has 0 heterocycles. The van der Waals surface area contributed by atoms with E-state index in [4.69, 9.17) is 0 Å². The third-order valence-electron chi connectivity index (χ3n) is 3.54.